The molecule has 0 saturated carbocycles. The van der Waals surface area contributed by atoms with Crippen LogP contribution in [0.2, 0.25) is 0 Å². The second kappa shape index (κ2) is 5.84. The molecule has 116 valence electrons. The van der Waals surface area contributed by atoms with Gasteiger partial charge in [0.1, 0.15) is 7.11 Å². The first-order valence-corrected chi connectivity index (χ1v) is 5.74. The molecular formula is C12H9F3N4O3. The van der Waals surface area contributed by atoms with E-state index >= 15 is 0 Å². The number of halogens is 3. The van der Waals surface area contributed by atoms with Crippen molar-refractivity contribution in [2.24, 2.45) is 10.9 Å². The first-order valence-electron chi connectivity index (χ1n) is 5.74. The van der Waals surface area contributed by atoms with Crippen LogP contribution in [-0.4, -0.2) is 29.4 Å². The molecule has 0 radical (unpaired) electrons. The fraction of sp³-hybridized carbons (Fsp3) is 0.167. The summed E-state index contributed by atoms with van der Waals surface area (Å²) < 4.78 is 41.5. The minimum Gasteiger partial charge on any atom is -0.399 e. The summed E-state index contributed by atoms with van der Waals surface area (Å²) in [6, 6.07) is 4.00. The highest BCUT2D eigenvalue weighted by molar-refractivity contribution is 6.02. The lowest BCUT2D eigenvalue weighted by molar-refractivity contribution is -0.159. The molecule has 0 bridgehead atoms. The lowest BCUT2D eigenvalue weighted by Gasteiger charge is -2.03. The Bertz CT molecular complexity index is 725. The predicted octanol–water partition coefficient (Wildman–Crippen LogP) is 1.83. The number of amides is 1. The van der Waals surface area contributed by atoms with Crippen LogP contribution in [0.4, 0.5) is 13.2 Å². The van der Waals surface area contributed by atoms with E-state index in [1.165, 1.54) is 31.5 Å². The number of rotatable bonds is 4. The average molecular weight is 314 g/mol. The van der Waals surface area contributed by atoms with Gasteiger partial charge in [-0.1, -0.05) is 16.4 Å². The van der Waals surface area contributed by atoms with Crippen molar-refractivity contribution in [3.8, 4) is 11.4 Å². The van der Waals surface area contributed by atoms with Gasteiger partial charge in [-0.2, -0.15) is 18.2 Å². The monoisotopic (exact) mass is 314 g/mol. The molecule has 1 heterocycles. The molecule has 1 aromatic heterocycles. The van der Waals surface area contributed by atoms with E-state index in [-0.39, 0.29) is 22.5 Å². The van der Waals surface area contributed by atoms with Crippen molar-refractivity contribution >= 4 is 12.1 Å². The summed E-state index contributed by atoms with van der Waals surface area (Å²) in [5.74, 6) is -2.47. The third-order valence-electron chi connectivity index (χ3n) is 2.54. The van der Waals surface area contributed by atoms with Gasteiger partial charge in [0.25, 0.3) is 0 Å². The van der Waals surface area contributed by atoms with Crippen LogP contribution in [0.5, 0.6) is 0 Å². The SMILES string of the molecule is CO/N=C\c1cc(-c2noc(C(F)(F)F)n2)ccc1C(N)=O. The summed E-state index contributed by atoms with van der Waals surface area (Å²) in [5, 5.41) is 6.74. The fourth-order valence-electron chi connectivity index (χ4n) is 1.60. The number of carbonyl (C=O) groups is 1. The van der Waals surface area contributed by atoms with Gasteiger partial charge < -0.3 is 15.1 Å². The number of hydrogen-bond donors (Lipinski definition) is 1. The second-order valence-corrected chi connectivity index (χ2v) is 4.00. The van der Waals surface area contributed by atoms with Crippen molar-refractivity contribution in [1.82, 2.24) is 10.1 Å². The topological polar surface area (TPSA) is 104 Å². The number of benzene rings is 1. The zero-order valence-corrected chi connectivity index (χ0v) is 11.1. The maximum Gasteiger partial charge on any atom is 0.471 e. The van der Waals surface area contributed by atoms with Crippen LogP contribution in [0.1, 0.15) is 21.8 Å². The van der Waals surface area contributed by atoms with Gasteiger partial charge >= 0.3 is 12.1 Å². The Kier molecular flexibility index (Phi) is 4.11. The van der Waals surface area contributed by atoms with Gasteiger partial charge in [0.2, 0.25) is 11.7 Å². The van der Waals surface area contributed by atoms with Gasteiger partial charge in [0.15, 0.2) is 0 Å². The van der Waals surface area contributed by atoms with E-state index in [2.05, 4.69) is 24.7 Å². The Morgan fingerprint density at radius 2 is 2.18 bits per heavy atom. The number of oxime groups is 1. The molecule has 0 saturated heterocycles. The Morgan fingerprint density at radius 3 is 2.73 bits per heavy atom. The third kappa shape index (κ3) is 3.22. The molecule has 22 heavy (non-hydrogen) atoms. The number of carbonyl (C=O) groups excluding carboxylic acids is 1. The highest BCUT2D eigenvalue weighted by atomic mass is 19.4. The minimum atomic E-state index is -4.74. The maximum atomic E-state index is 12.4. The third-order valence-corrected chi connectivity index (χ3v) is 2.54. The molecule has 2 aromatic rings. The van der Waals surface area contributed by atoms with Crippen LogP contribution >= 0.6 is 0 Å². The van der Waals surface area contributed by atoms with Crippen molar-refractivity contribution in [1.29, 1.82) is 0 Å². The van der Waals surface area contributed by atoms with E-state index in [0.717, 1.165) is 0 Å². The molecule has 1 aromatic carbocycles. The van der Waals surface area contributed by atoms with E-state index in [0.29, 0.717) is 0 Å². The number of hydrogen-bond acceptors (Lipinski definition) is 6. The zero-order valence-electron chi connectivity index (χ0n) is 11.1. The van der Waals surface area contributed by atoms with Gasteiger partial charge in [-0.3, -0.25) is 4.79 Å². The molecule has 1 amide bonds. The van der Waals surface area contributed by atoms with E-state index < -0.39 is 18.0 Å². The van der Waals surface area contributed by atoms with E-state index in [1.807, 2.05) is 0 Å². The normalized spacial score (nSPS) is 11.8. The summed E-state index contributed by atoms with van der Waals surface area (Å²) in [5.41, 5.74) is 5.75. The summed E-state index contributed by atoms with van der Waals surface area (Å²) in [4.78, 5) is 19.0. The van der Waals surface area contributed by atoms with Gasteiger partial charge in [0, 0.05) is 16.7 Å². The molecule has 0 atom stereocenters. The molecule has 0 fully saturated rings. The molecule has 10 heteroatoms. The van der Waals surface area contributed by atoms with Crippen molar-refractivity contribution in [2.75, 3.05) is 7.11 Å². The first kappa shape index (κ1) is 15.5. The largest absolute Gasteiger partial charge is 0.471 e. The number of alkyl halides is 3. The van der Waals surface area contributed by atoms with Crippen LogP contribution in [0.3, 0.4) is 0 Å². The van der Waals surface area contributed by atoms with Crippen LogP contribution in [0, 0.1) is 0 Å². The van der Waals surface area contributed by atoms with Crippen LogP contribution in [-0.2, 0) is 11.0 Å². The predicted molar refractivity (Wildman–Crippen MR) is 67.9 cm³/mol. The van der Waals surface area contributed by atoms with Crippen LogP contribution < -0.4 is 5.73 Å². The minimum absolute atomic E-state index is 0.115. The Labute approximate surface area is 121 Å². The van der Waals surface area contributed by atoms with E-state index in [4.69, 9.17) is 5.73 Å². The summed E-state index contributed by atoms with van der Waals surface area (Å²) >= 11 is 0. The molecule has 0 unspecified atom stereocenters. The van der Waals surface area contributed by atoms with E-state index in [9.17, 15) is 18.0 Å². The molecule has 2 N–H and O–H groups in total. The van der Waals surface area contributed by atoms with Crippen LogP contribution in [0.25, 0.3) is 11.4 Å². The first-order chi connectivity index (χ1) is 10.3. The highest BCUT2D eigenvalue weighted by Gasteiger charge is 2.38. The lowest BCUT2D eigenvalue weighted by atomic mass is 10.0. The number of nitrogens with two attached hydrogens (primary N) is 1. The van der Waals surface area contributed by atoms with Gasteiger partial charge in [-0.15, -0.1) is 0 Å². The van der Waals surface area contributed by atoms with Gasteiger partial charge in [0.05, 0.1) is 6.21 Å². The molecule has 0 aliphatic carbocycles. The summed E-state index contributed by atoms with van der Waals surface area (Å²) in [7, 11) is 1.29. The number of primary amides is 1. The van der Waals surface area contributed by atoms with Crippen molar-refractivity contribution in [3.63, 3.8) is 0 Å². The highest BCUT2D eigenvalue weighted by Crippen LogP contribution is 2.29. The van der Waals surface area contributed by atoms with Crippen molar-refractivity contribution in [2.45, 2.75) is 6.18 Å². The molecular weight excluding hydrogens is 305 g/mol. The average Bonchev–Trinajstić information content (AvgIpc) is 2.94. The molecule has 0 aliphatic heterocycles. The standard InChI is InChI=1S/C12H9F3N4O3/c1-21-17-5-7-4-6(2-3-8(7)9(16)20)10-18-11(22-19-10)12(13,14)15/h2-5H,1H3,(H2,16,20)/b17-5-. The molecule has 0 aliphatic rings. The zero-order chi connectivity index (χ0) is 16.3. The van der Waals surface area contributed by atoms with Crippen molar-refractivity contribution in [3.05, 3.63) is 35.2 Å². The summed E-state index contributed by atoms with van der Waals surface area (Å²) in [6.45, 7) is 0. The molecule has 0 spiro atoms. The Balaban J connectivity index is 2.46. The number of nitrogens with zero attached hydrogens (tertiary/aromatic N) is 3. The smallest absolute Gasteiger partial charge is 0.399 e. The second-order valence-electron chi connectivity index (χ2n) is 4.00. The van der Waals surface area contributed by atoms with Crippen LogP contribution in [0.15, 0.2) is 27.9 Å². The molecule has 2 rings (SSSR count). The van der Waals surface area contributed by atoms with Gasteiger partial charge in [-0.05, 0) is 12.1 Å². The maximum absolute atomic E-state index is 12.4. The Hall–Kier alpha value is -2.91. The molecule has 7 nitrogen and oxygen atoms in total. The Morgan fingerprint density at radius 1 is 1.45 bits per heavy atom. The lowest BCUT2D eigenvalue weighted by Crippen LogP contribution is -2.13. The van der Waals surface area contributed by atoms with E-state index in [1.54, 1.807) is 0 Å². The summed E-state index contributed by atoms with van der Waals surface area (Å²) in [6.07, 6.45) is -3.55. The number of aromatic nitrogens is 2. The quantitative estimate of drug-likeness (QED) is 0.685. The van der Waals surface area contributed by atoms with Gasteiger partial charge in [-0.25, -0.2) is 0 Å². The fourth-order valence-corrected chi connectivity index (χ4v) is 1.60. The van der Waals surface area contributed by atoms with Crippen molar-refractivity contribution < 1.29 is 27.3 Å².